The second-order valence-electron chi connectivity index (χ2n) is 6.68. The van der Waals surface area contributed by atoms with Crippen LogP contribution < -0.4 is 10.1 Å². The number of rotatable bonds is 9. The highest BCUT2D eigenvalue weighted by Crippen LogP contribution is 2.26. The van der Waals surface area contributed by atoms with E-state index in [-0.39, 0.29) is 12.5 Å². The van der Waals surface area contributed by atoms with Crippen LogP contribution >= 0.6 is 0 Å². The van der Waals surface area contributed by atoms with E-state index in [0.29, 0.717) is 22.7 Å². The van der Waals surface area contributed by atoms with Crippen molar-refractivity contribution in [1.29, 1.82) is 0 Å². The number of aliphatic imine (C=N–C) groups is 1. The van der Waals surface area contributed by atoms with Gasteiger partial charge in [0.15, 0.2) is 5.82 Å². The predicted molar refractivity (Wildman–Crippen MR) is 114 cm³/mol. The highest BCUT2D eigenvalue weighted by molar-refractivity contribution is 6.00. The van der Waals surface area contributed by atoms with E-state index in [1.54, 1.807) is 43.6 Å². The maximum atomic E-state index is 12.8. The van der Waals surface area contributed by atoms with Crippen LogP contribution in [-0.4, -0.2) is 48.5 Å². The average Bonchev–Trinajstić information content (AvgIpc) is 2.78. The van der Waals surface area contributed by atoms with Crippen molar-refractivity contribution >= 4 is 12.6 Å². The summed E-state index contributed by atoms with van der Waals surface area (Å²) in [4.78, 5) is 24.8. The van der Waals surface area contributed by atoms with Crippen LogP contribution in [-0.2, 0) is 4.74 Å². The van der Waals surface area contributed by atoms with Gasteiger partial charge in [-0.3, -0.25) is 4.79 Å². The zero-order chi connectivity index (χ0) is 23.7. The molecule has 10 heteroatoms. The molecule has 0 radical (unpaired) electrons. The number of carbonyl (C=O) groups is 1. The van der Waals surface area contributed by atoms with Gasteiger partial charge in [0.2, 0.25) is 5.88 Å². The summed E-state index contributed by atoms with van der Waals surface area (Å²) in [5.41, 5.74) is 0.000591. The lowest BCUT2D eigenvalue weighted by Gasteiger charge is -2.16. The molecule has 0 bridgehead atoms. The number of ether oxygens (including phenoxy) is 2. The number of amides is 1. The largest absolute Gasteiger partial charge is 0.497 e. The lowest BCUT2D eigenvalue weighted by molar-refractivity contribution is -0.0913. The van der Waals surface area contributed by atoms with Crippen molar-refractivity contribution in [3.8, 4) is 17.1 Å². The molecule has 2 aromatic rings. The van der Waals surface area contributed by atoms with E-state index < -0.39 is 23.7 Å². The lowest BCUT2D eigenvalue weighted by Crippen LogP contribution is -2.36. The van der Waals surface area contributed by atoms with E-state index in [2.05, 4.69) is 27.0 Å². The van der Waals surface area contributed by atoms with Crippen LogP contribution in [0.25, 0.3) is 11.4 Å². The summed E-state index contributed by atoms with van der Waals surface area (Å²) in [6.45, 7) is 5.86. The van der Waals surface area contributed by atoms with E-state index in [9.17, 15) is 18.0 Å². The summed E-state index contributed by atoms with van der Waals surface area (Å²) >= 11 is 0. The van der Waals surface area contributed by atoms with Crippen molar-refractivity contribution in [2.45, 2.75) is 26.1 Å². The number of nitrogens with one attached hydrogen (secondary N) is 1. The third-order valence-electron chi connectivity index (χ3n) is 4.22. The second kappa shape index (κ2) is 11.1. The molecule has 7 nitrogen and oxygen atoms in total. The van der Waals surface area contributed by atoms with Gasteiger partial charge >= 0.3 is 6.18 Å². The zero-order valence-corrected chi connectivity index (χ0v) is 17.8. The molecule has 0 aliphatic heterocycles. The van der Waals surface area contributed by atoms with Crippen LogP contribution in [0, 0.1) is 0 Å². The Balaban J connectivity index is 2.10. The number of methoxy groups -OCH3 is 1. The number of benzene rings is 1. The molecule has 1 N–H and O–H groups in total. The van der Waals surface area contributed by atoms with Gasteiger partial charge in [0, 0.05) is 29.6 Å². The summed E-state index contributed by atoms with van der Waals surface area (Å²) in [5.74, 6) is 0.386. The molecular weight excluding hydrogens is 425 g/mol. The highest BCUT2D eigenvalue weighted by atomic mass is 19.4. The Labute approximate surface area is 183 Å². The smallest absolute Gasteiger partial charge is 0.412 e. The van der Waals surface area contributed by atoms with Gasteiger partial charge in [-0.25, -0.2) is 15.0 Å². The lowest BCUT2D eigenvalue weighted by atomic mass is 10.0. The molecule has 0 saturated heterocycles. The molecule has 1 aromatic heterocycles. The monoisotopic (exact) mass is 448 g/mol. The van der Waals surface area contributed by atoms with Gasteiger partial charge in [-0.2, -0.15) is 13.2 Å². The van der Waals surface area contributed by atoms with Crippen molar-refractivity contribution in [1.82, 2.24) is 15.3 Å². The standard InChI is InChI=1S/C22H23F3N4O3/c1-14(22(23,24)25)6-9-19(26-3)32-13-15(2)29-21(30)17-8-7-16(31-4)12-18(17)20-27-10-5-11-28-20/h5-12,15H,3,13H2,1-2,4H3,(H,29,30)/b14-6+,19-9+/t15-/m0/s1. The number of nitrogens with zero attached hydrogens (tertiary/aromatic N) is 3. The van der Waals surface area contributed by atoms with Crippen LogP contribution in [0.1, 0.15) is 24.2 Å². The molecular formula is C22H23F3N4O3. The highest BCUT2D eigenvalue weighted by Gasteiger charge is 2.29. The maximum Gasteiger partial charge on any atom is 0.412 e. The van der Waals surface area contributed by atoms with Crippen LogP contribution in [0.4, 0.5) is 13.2 Å². The molecule has 0 fully saturated rings. The van der Waals surface area contributed by atoms with Crippen molar-refractivity contribution < 1.29 is 27.4 Å². The average molecular weight is 448 g/mol. The molecule has 1 aromatic carbocycles. The normalized spacial score (nSPS) is 13.3. The molecule has 0 aliphatic carbocycles. The number of alkyl halides is 3. The molecule has 0 aliphatic rings. The summed E-state index contributed by atoms with van der Waals surface area (Å²) in [6.07, 6.45) is 0.591. The molecule has 1 amide bonds. The third-order valence-corrected chi connectivity index (χ3v) is 4.22. The Morgan fingerprint density at radius 3 is 2.56 bits per heavy atom. The van der Waals surface area contributed by atoms with E-state index in [1.165, 1.54) is 7.11 Å². The number of aromatic nitrogens is 2. The first kappa shape index (κ1) is 24.6. The predicted octanol–water partition coefficient (Wildman–Crippen LogP) is 4.34. The molecule has 1 atom stereocenters. The van der Waals surface area contributed by atoms with Crippen molar-refractivity contribution in [2.75, 3.05) is 13.7 Å². The van der Waals surface area contributed by atoms with Crippen LogP contribution in [0.2, 0.25) is 0 Å². The van der Waals surface area contributed by atoms with Crippen molar-refractivity contribution in [3.63, 3.8) is 0 Å². The first-order chi connectivity index (χ1) is 15.2. The number of hydrogen-bond acceptors (Lipinski definition) is 6. The van der Waals surface area contributed by atoms with Crippen LogP contribution in [0.15, 0.2) is 65.3 Å². The van der Waals surface area contributed by atoms with Gasteiger partial charge in [-0.05, 0) is 50.9 Å². The van der Waals surface area contributed by atoms with Crippen LogP contribution in [0.5, 0.6) is 5.75 Å². The summed E-state index contributed by atoms with van der Waals surface area (Å²) < 4.78 is 48.3. The molecule has 2 rings (SSSR count). The van der Waals surface area contributed by atoms with Gasteiger partial charge < -0.3 is 14.8 Å². The number of allylic oxidation sites excluding steroid dienone is 3. The fraction of sp³-hybridized carbons (Fsp3) is 0.273. The second-order valence-corrected chi connectivity index (χ2v) is 6.68. The first-order valence-corrected chi connectivity index (χ1v) is 9.47. The molecule has 1 heterocycles. The number of carbonyl (C=O) groups excluding carboxylic acids is 1. The first-order valence-electron chi connectivity index (χ1n) is 9.47. The fourth-order valence-electron chi connectivity index (χ4n) is 2.46. The summed E-state index contributed by atoms with van der Waals surface area (Å²) in [5, 5.41) is 2.77. The van der Waals surface area contributed by atoms with Crippen molar-refractivity contribution in [3.05, 3.63) is 65.8 Å². The zero-order valence-electron chi connectivity index (χ0n) is 17.8. The molecule has 0 spiro atoms. The van der Waals surface area contributed by atoms with E-state index in [1.807, 2.05) is 0 Å². The minimum atomic E-state index is -4.44. The number of halogens is 3. The van der Waals surface area contributed by atoms with Gasteiger partial charge in [-0.15, -0.1) is 0 Å². The van der Waals surface area contributed by atoms with Gasteiger partial charge in [-0.1, -0.05) is 0 Å². The minimum Gasteiger partial charge on any atom is -0.497 e. The Morgan fingerprint density at radius 1 is 1.28 bits per heavy atom. The topological polar surface area (TPSA) is 85.7 Å². The number of hydrogen-bond donors (Lipinski definition) is 1. The maximum absolute atomic E-state index is 12.8. The molecule has 32 heavy (non-hydrogen) atoms. The van der Waals surface area contributed by atoms with Gasteiger partial charge in [0.25, 0.3) is 5.91 Å². The summed E-state index contributed by atoms with van der Waals surface area (Å²) in [6, 6.07) is 6.05. The molecule has 0 unspecified atom stereocenters. The third kappa shape index (κ3) is 6.93. The Bertz CT molecular complexity index is 1010. The van der Waals surface area contributed by atoms with Crippen LogP contribution in [0.3, 0.4) is 0 Å². The Kier molecular flexibility index (Phi) is 8.51. The molecule has 170 valence electrons. The van der Waals surface area contributed by atoms with Gasteiger partial charge in [0.05, 0.1) is 18.7 Å². The molecule has 0 saturated carbocycles. The Hall–Kier alpha value is -3.69. The van der Waals surface area contributed by atoms with E-state index >= 15 is 0 Å². The Morgan fingerprint density at radius 2 is 1.97 bits per heavy atom. The summed E-state index contributed by atoms with van der Waals surface area (Å²) in [7, 11) is 1.51. The fourth-order valence-corrected chi connectivity index (χ4v) is 2.46. The quantitative estimate of drug-likeness (QED) is 0.351. The minimum absolute atomic E-state index is 0.0389. The SMILES string of the molecule is C=N/C(=C\C=C(/C)C(F)(F)F)OC[C@H](C)NC(=O)c1ccc(OC)cc1-c1ncccn1. The van der Waals surface area contributed by atoms with Gasteiger partial charge in [0.1, 0.15) is 12.4 Å². The van der Waals surface area contributed by atoms with Crippen molar-refractivity contribution in [2.24, 2.45) is 4.99 Å². The van der Waals surface area contributed by atoms with E-state index in [4.69, 9.17) is 9.47 Å². The van der Waals surface area contributed by atoms with E-state index in [0.717, 1.165) is 19.1 Å².